The molecule has 0 atom stereocenters. The van der Waals surface area contributed by atoms with Gasteiger partial charge in [-0.05, 0) is 62.0 Å². The van der Waals surface area contributed by atoms with Crippen LogP contribution in [0.2, 0.25) is 0 Å². The lowest BCUT2D eigenvalue weighted by Crippen LogP contribution is -1.95. The van der Waals surface area contributed by atoms with E-state index in [1.807, 2.05) is 13.0 Å². The summed E-state index contributed by atoms with van der Waals surface area (Å²) < 4.78 is 0. The van der Waals surface area contributed by atoms with Crippen molar-refractivity contribution >= 4 is 0 Å². The molecule has 0 heteroatoms. The predicted molar refractivity (Wildman–Crippen MR) is 77.3 cm³/mol. The molecule has 0 aromatic heterocycles. The van der Waals surface area contributed by atoms with E-state index in [1.54, 1.807) is 0 Å². The Morgan fingerprint density at radius 1 is 1.29 bits per heavy atom. The highest BCUT2D eigenvalue weighted by atomic mass is 14.1. The highest BCUT2D eigenvalue weighted by molar-refractivity contribution is 5.40. The molecule has 0 aliphatic rings. The maximum atomic E-state index is 4.17. The molecule has 0 aliphatic carbocycles. The zero-order valence-electron chi connectivity index (χ0n) is 11.4. The lowest BCUT2D eigenvalue weighted by atomic mass is 9.95. The molecule has 0 bridgehead atoms. The van der Waals surface area contributed by atoms with E-state index in [2.05, 4.69) is 57.7 Å². The Labute approximate surface area is 105 Å². The Morgan fingerprint density at radius 2 is 2.00 bits per heavy atom. The molecular formula is C17H22. The van der Waals surface area contributed by atoms with Gasteiger partial charge in [0.2, 0.25) is 0 Å². The van der Waals surface area contributed by atoms with Crippen LogP contribution in [0.15, 0.2) is 54.2 Å². The molecule has 1 rings (SSSR count). The van der Waals surface area contributed by atoms with Gasteiger partial charge in [-0.15, -0.1) is 0 Å². The highest BCUT2D eigenvalue weighted by Gasteiger charge is 2.03. The van der Waals surface area contributed by atoms with Crippen LogP contribution in [0.1, 0.15) is 30.5 Å². The van der Waals surface area contributed by atoms with Gasteiger partial charge in [-0.3, -0.25) is 0 Å². The first-order chi connectivity index (χ1) is 8.06. The first kappa shape index (κ1) is 13.5. The van der Waals surface area contributed by atoms with Gasteiger partial charge in [-0.25, -0.2) is 0 Å². The van der Waals surface area contributed by atoms with E-state index in [9.17, 15) is 0 Å². The Bertz CT molecular complexity index is 459. The highest BCUT2D eigenvalue weighted by Crippen LogP contribution is 2.19. The van der Waals surface area contributed by atoms with E-state index < -0.39 is 0 Å². The van der Waals surface area contributed by atoms with E-state index in [1.165, 1.54) is 27.8 Å². The van der Waals surface area contributed by atoms with Crippen molar-refractivity contribution in [2.45, 2.75) is 34.1 Å². The van der Waals surface area contributed by atoms with Crippen LogP contribution in [0.4, 0.5) is 0 Å². The van der Waals surface area contributed by atoms with E-state index in [0.29, 0.717) is 0 Å². The summed E-state index contributed by atoms with van der Waals surface area (Å²) >= 11 is 0. The second-order valence-electron chi connectivity index (χ2n) is 4.51. The Kier molecular flexibility index (Phi) is 4.96. The third kappa shape index (κ3) is 3.74. The smallest absolute Gasteiger partial charge is 0.00263 e. The van der Waals surface area contributed by atoms with E-state index in [0.717, 1.165) is 6.42 Å². The second-order valence-corrected chi connectivity index (χ2v) is 4.51. The average molecular weight is 226 g/mol. The van der Waals surface area contributed by atoms with Crippen LogP contribution in [0, 0.1) is 13.8 Å². The second kappa shape index (κ2) is 6.24. The number of benzene rings is 1. The van der Waals surface area contributed by atoms with E-state index in [4.69, 9.17) is 0 Å². The zero-order chi connectivity index (χ0) is 12.8. The van der Waals surface area contributed by atoms with Crippen LogP contribution in [0.3, 0.4) is 0 Å². The summed E-state index contributed by atoms with van der Waals surface area (Å²) in [5.74, 6) is 0. The minimum Gasteiger partial charge on any atom is -0.0952 e. The van der Waals surface area contributed by atoms with Gasteiger partial charge in [0.1, 0.15) is 0 Å². The number of rotatable bonds is 4. The van der Waals surface area contributed by atoms with E-state index >= 15 is 0 Å². The largest absolute Gasteiger partial charge is 0.0952 e. The number of hydrogen-bond acceptors (Lipinski definition) is 0. The normalized spacial score (nSPS) is 12.1. The minimum atomic E-state index is 0.938. The average Bonchev–Trinajstić information content (AvgIpc) is 2.31. The summed E-state index contributed by atoms with van der Waals surface area (Å²) in [5, 5.41) is 0. The summed E-state index contributed by atoms with van der Waals surface area (Å²) in [7, 11) is 0. The Hall–Kier alpha value is -1.56. The molecular weight excluding hydrogens is 204 g/mol. The quantitative estimate of drug-likeness (QED) is 0.639. The molecule has 17 heavy (non-hydrogen) atoms. The maximum Gasteiger partial charge on any atom is -0.00263 e. The fraction of sp³-hybridized carbons (Fsp3) is 0.294. The summed E-state index contributed by atoms with van der Waals surface area (Å²) in [5.41, 5.74) is 6.56. The van der Waals surface area contributed by atoms with Crippen molar-refractivity contribution in [1.29, 1.82) is 0 Å². The van der Waals surface area contributed by atoms with Crippen LogP contribution < -0.4 is 0 Å². The van der Waals surface area contributed by atoms with Crippen molar-refractivity contribution in [2.75, 3.05) is 0 Å². The van der Waals surface area contributed by atoms with Crippen molar-refractivity contribution in [3.05, 3.63) is 70.8 Å². The fourth-order valence-corrected chi connectivity index (χ4v) is 1.73. The molecule has 0 heterocycles. The summed E-state index contributed by atoms with van der Waals surface area (Å²) in [6.07, 6.45) is 7.15. The monoisotopic (exact) mass is 226 g/mol. The molecule has 0 nitrogen and oxygen atoms in total. The molecule has 0 aliphatic heterocycles. The first-order valence-corrected chi connectivity index (χ1v) is 6.09. The molecule has 0 saturated heterocycles. The fourth-order valence-electron chi connectivity index (χ4n) is 1.73. The molecule has 1 aromatic carbocycles. The van der Waals surface area contributed by atoms with Crippen LogP contribution in [-0.2, 0) is 6.42 Å². The van der Waals surface area contributed by atoms with Gasteiger partial charge in [0.15, 0.2) is 0 Å². The van der Waals surface area contributed by atoms with Crippen molar-refractivity contribution in [3.63, 3.8) is 0 Å². The number of hydrogen-bond donors (Lipinski definition) is 0. The predicted octanol–water partition coefficient (Wildman–Crippen LogP) is 4.92. The molecule has 0 fully saturated rings. The zero-order valence-corrected chi connectivity index (χ0v) is 11.4. The van der Waals surface area contributed by atoms with Crippen molar-refractivity contribution < 1.29 is 0 Å². The molecule has 0 radical (unpaired) electrons. The Balaban J connectivity index is 2.85. The van der Waals surface area contributed by atoms with Gasteiger partial charge >= 0.3 is 0 Å². The molecule has 0 saturated carbocycles. The lowest BCUT2D eigenvalue weighted by Gasteiger charge is -2.10. The van der Waals surface area contributed by atoms with Crippen molar-refractivity contribution in [3.8, 4) is 0 Å². The third-order valence-corrected chi connectivity index (χ3v) is 3.22. The van der Waals surface area contributed by atoms with Crippen molar-refractivity contribution in [2.24, 2.45) is 0 Å². The van der Waals surface area contributed by atoms with Crippen LogP contribution in [-0.4, -0.2) is 0 Å². The summed E-state index contributed by atoms with van der Waals surface area (Å²) in [6, 6.07) is 6.47. The molecule has 0 unspecified atom stereocenters. The molecule has 90 valence electrons. The maximum absolute atomic E-state index is 4.17. The lowest BCUT2D eigenvalue weighted by molar-refractivity contribution is 1.11. The van der Waals surface area contributed by atoms with Crippen LogP contribution in [0.25, 0.3) is 0 Å². The Morgan fingerprint density at radius 3 is 2.65 bits per heavy atom. The van der Waals surface area contributed by atoms with Gasteiger partial charge in [-0.1, -0.05) is 43.0 Å². The van der Waals surface area contributed by atoms with Gasteiger partial charge in [0.05, 0.1) is 0 Å². The van der Waals surface area contributed by atoms with Gasteiger partial charge in [0, 0.05) is 0 Å². The van der Waals surface area contributed by atoms with Crippen LogP contribution >= 0.6 is 0 Å². The standard InChI is InChI=1S/C17H22/c1-6-7-9-13(2)15(4)12-17-11-8-10-14(3)16(17)5/h6-11H,4,12H2,1-3,5H3/b7-6-,13-9+. The molecule has 1 aromatic rings. The van der Waals surface area contributed by atoms with Crippen molar-refractivity contribution in [1.82, 2.24) is 0 Å². The third-order valence-electron chi connectivity index (χ3n) is 3.22. The molecule has 0 amide bonds. The number of allylic oxidation sites excluding steroid dienone is 5. The van der Waals surface area contributed by atoms with Gasteiger partial charge in [0.25, 0.3) is 0 Å². The van der Waals surface area contributed by atoms with E-state index in [-0.39, 0.29) is 0 Å². The number of aryl methyl sites for hydroxylation is 1. The summed E-state index contributed by atoms with van der Waals surface area (Å²) in [4.78, 5) is 0. The first-order valence-electron chi connectivity index (χ1n) is 6.09. The molecule has 0 N–H and O–H groups in total. The van der Waals surface area contributed by atoms with Crippen LogP contribution in [0.5, 0.6) is 0 Å². The minimum absolute atomic E-state index is 0.938. The summed E-state index contributed by atoms with van der Waals surface area (Å²) in [6.45, 7) is 12.7. The molecule has 0 spiro atoms. The SMILES string of the molecule is C=C(Cc1cccc(C)c1C)/C(C)=C/C=C\C. The topological polar surface area (TPSA) is 0 Å². The van der Waals surface area contributed by atoms with Gasteiger partial charge in [-0.2, -0.15) is 0 Å². The van der Waals surface area contributed by atoms with Gasteiger partial charge < -0.3 is 0 Å².